The normalized spacial score (nSPS) is 11.0. The molecule has 0 radical (unpaired) electrons. The van der Waals surface area contributed by atoms with Crippen LogP contribution in [0.1, 0.15) is 12.7 Å². The summed E-state index contributed by atoms with van der Waals surface area (Å²) in [6.07, 6.45) is 0. The summed E-state index contributed by atoms with van der Waals surface area (Å²) in [5.41, 5.74) is 0.965. The van der Waals surface area contributed by atoms with Crippen molar-refractivity contribution in [3.8, 4) is 22.1 Å². The van der Waals surface area contributed by atoms with Gasteiger partial charge in [0, 0.05) is 10.5 Å². The molecule has 0 amide bonds. The van der Waals surface area contributed by atoms with Gasteiger partial charge in [-0.1, -0.05) is 29.5 Å². The zero-order valence-corrected chi connectivity index (χ0v) is 16.6. The molecule has 0 aliphatic rings. The molecule has 0 N–H and O–H groups in total. The van der Waals surface area contributed by atoms with Crippen LogP contribution in [0.5, 0.6) is 11.5 Å². The third kappa shape index (κ3) is 3.77. The molecule has 2 aromatic heterocycles. The number of rotatable bonds is 7. The van der Waals surface area contributed by atoms with E-state index in [4.69, 9.17) is 14.6 Å². The minimum atomic E-state index is 0.592. The van der Waals surface area contributed by atoms with Gasteiger partial charge in [-0.15, -0.1) is 22.0 Å². The van der Waals surface area contributed by atoms with E-state index in [9.17, 15) is 0 Å². The molecule has 138 valence electrons. The van der Waals surface area contributed by atoms with Gasteiger partial charge in [0.05, 0.1) is 19.5 Å². The summed E-state index contributed by atoms with van der Waals surface area (Å²) in [6, 6.07) is 16.1. The number of aromatic nitrogens is 4. The van der Waals surface area contributed by atoms with Crippen molar-refractivity contribution in [3.63, 3.8) is 0 Å². The van der Waals surface area contributed by atoms with Gasteiger partial charge in [-0.2, -0.15) is 9.61 Å². The Morgan fingerprint density at radius 3 is 2.70 bits per heavy atom. The van der Waals surface area contributed by atoms with E-state index in [1.165, 1.54) is 16.2 Å². The number of thioether (sulfide) groups is 1. The maximum atomic E-state index is 5.58. The Balaban J connectivity index is 1.60. The number of fused-ring (bicyclic) bond motifs is 1. The molecule has 4 rings (SSSR count). The van der Waals surface area contributed by atoms with Gasteiger partial charge in [-0.3, -0.25) is 0 Å². The second-order valence-electron chi connectivity index (χ2n) is 5.62. The highest BCUT2D eigenvalue weighted by Gasteiger charge is 2.15. The van der Waals surface area contributed by atoms with Gasteiger partial charge in [0.2, 0.25) is 4.96 Å². The zero-order valence-electron chi connectivity index (χ0n) is 15.0. The van der Waals surface area contributed by atoms with E-state index in [1.807, 2.05) is 47.8 Å². The first-order chi connectivity index (χ1) is 13.3. The molecule has 2 aromatic carbocycles. The van der Waals surface area contributed by atoms with Crippen LogP contribution in [0.15, 0.2) is 53.4 Å². The van der Waals surface area contributed by atoms with Crippen molar-refractivity contribution in [1.82, 2.24) is 19.8 Å². The van der Waals surface area contributed by atoms with Gasteiger partial charge in [-0.25, -0.2) is 0 Å². The van der Waals surface area contributed by atoms with Gasteiger partial charge < -0.3 is 9.47 Å². The Labute approximate surface area is 165 Å². The maximum absolute atomic E-state index is 5.58. The minimum Gasteiger partial charge on any atom is -0.493 e. The smallest absolute Gasteiger partial charge is 0.235 e. The lowest BCUT2D eigenvalue weighted by Crippen LogP contribution is -1.96. The summed E-state index contributed by atoms with van der Waals surface area (Å²) in [5, 5.41) is 14.1. The van der Waals surface area contributed by atoms with Crippen LogP contribution in [0.4, 0.5) is 0 Å². The lowest BCUT2D eigenvalue weighted by molar-refractivity contribution is 0.311. The van der Waals surface area contributed by atoms with Crippen LogP contribution in [0.3, 0.4) is 0 Å². The van der Waals surface area contributed by atoms with Crippen molar-refractivity contribution in [2.75, 3.05) is 13.7 Å². The topological polar surface area (TPSA) is 61.5 Å². The molecule has 27 heavy (non-hydrogen) atoms. The predicted octanol–water partition coefficient (Wildman–Crippen LogP) is 4.55. The van der Waals surface area contributed by atoms with E-state index in [0.717, 1.165) is 27.1 Å². The van der Waals surface area contributed by atoms with Crippen LogP contribution in [0, 0.1) is 0 Å². The van der Waals surface area contributed by atoms with Crippen LogP contribution >= 0.6 is 23.1 Å². The first-order valence-electron chi connectivity index (χ1n) is 8.48. The zero-order chi connectivity index (χ0) is 18.6. The average Bonchev–Trinajstić information content (AvgIpc) is 3.29. The second-order valence-corrected chi connectivity index (χ2v) is 7.62. The Morgan fingerprint density at radius 1 is 1.07 bits per heavy atom. The average molecular weight is 399 g/mol. The molecule has 8 heteroatoms. The Kier molecular flexibility index (Phi) is 5.26. The SMILES string of the molecule is CCOc1ccc(-c2nn3c(CSc4ccccc4)nnc3s2)cc1OC. The molecule has 0 unspecified atom stereocenters. The highest BCUT2D eigenvalue weighted by Crippen LogP contribution is 2.34. The van der Waals surface area contributed by atoms with Gasteiger partial charge in [0.1, 0.15) is 5.01 Å². The molecule has 0 spiro atoms. The number of ether oxygens (including phenoxy) is 2. The third-order valence-electron chi connectivity index (χ3n) is 3.88. The van der Waals surface area contributed by atoms with E-state index in [-0.39, 0.29) is 0 Å². The highest BCUT2D eigenvalue weighted by molar-refractivity contribution is 7.98. The van der Waals surface area contributed by atoms with E-state index in [0.29, 0.717) is 18.1 Å². The molecular formula is C19H18N4O2S2. The van der Waals surface area contributed by atoms with Crippen LogP contribution in [0.25, 0.3) is 15.5 Å². The lowest BCUT2D eigenvalue weighted by atomic mass is 10.2. The van der Waals surface area contributed by atoms with Crippen LogP contribution in [-0.2, 0) is 5.75 Å². The predicted molar refractivity (Wildman–Crippen MR) is 108 cm³/mol. The summed E-state index contributed by atoms with van der Waals surface area (Å²) < 4.78 is 12.8. The number of methoxy groups -OCH3 is 1. The molecule has 4 aromatic rings. The van der Waals surface area contributed by atoms with Crippen LogP contribution in [-0.4, -0.2) is 33.5 Å². The second kappa shape index (κ2) is 7.98. The molecule has 6 nitrogen and oxygen atoms in total. The molecule has 0 bridgehead atoms. The highest BCUT2D eigenvalue weighted by atomic mass is 32.2. The number of hydrogen-bond donors (Lipinski definition) is 0. The molecule has 0 atom stereocenters. The summed E-state index contributed by atoms with van der Waals surface area (Å²) in [7, 11) is 1.64. The van der Waals surface area contributed by atoms with E-state index in [1.54, 1.807) is 18.9 Å². The van der Waals surface area contributed by atoms with Crippen molar-refractivity contribution in [2.45, 2.75) is 17.6 Å². The minimum absolute atomic E-state index is 0.592. The molecule has 0 fully saturated rings. The van der Waals surface area contributed by atoms with Gasteiger partial charge >= 0.3 is 0 Å². The van der Waals surface area contributed by atoms with Crippen molar-refractivity contribution < 1.29 is 9.47 Å². The van der Waals surface area contributed by atoms with Gasteiger partial charge in [0.25, 0.3) is 0 Å². The molecule has 0 aliphatic carbocycles. The standard InChI is InChI=1S/C19H18N4O2S2/c1-3-25-15-10-9-13(11-16(15)24-2)18-22-23-17(20-21-19(23)27-18)12-26-14-7-5-4-6-8-14/h4-11H,3,12H2,1-2H3. The Hall–Kier alpha value is -2.58. The molecule has 0 aliphatic heterocycles. The number of nitrogens with zero attached hydrogens (tertiary/aromatic N) is 4. The first kappa shape index (κ1) is 17.8. The fourth-order valence-corrected chi connectivity index (χ4v) is 4.28. The van der Waals surface area contributed by atoms with Crippen LogP contribution < -0.4 is 9.47 Å². The van der Waals surface area contributed by atoms with E-state index < -0.39 is 0 Å². The monoisotopic (exact) mass is 398 g/mol. The molecule has 2 heterocycles. The van der Waals surface area contributed by atoms with E-state index >= 15 is 0 Å². The molecule has 0 saturated carbocycles. The van der Waals surface area contributed by atoms with Crippen molar-refractivity contribution in [3.05, 3.63) is 54.4 Å². The summed E-state index contributed by atoms with van der Waals surface area (Å²) >= 11 is 3.22. The largest absolute Gasteiger partial charge is 0.493 e. The Bertz CT molecular complexity index is 1050. The summed E-state index contributed by atoms with van der Waals surface area (Å²) in [5.74, 6) is 2.96. The lowest BCUT2D eigenvalue weighted by Gasteiger charge is -2.09. The number of benzene rings is 2. The first-order valence-corrected chi connectivity index (χ1v) is 10.3. The summed E-state index contributed by atoms with van der Waals surface area (Å²) in [4.78, 5) is 1.97. The van der Waals surface area contributed by atoms with Crippen molar-refractivity contribution in [1.29, 1.82) is 0 Å². The van der Waals surface area contributed by atoms with E-state index in [2.05, 4.69) is 22.3 Å². The van der Waals surface area contributed by atoms with Crippen molar-refractivity contribution in [2.24, 2.45) is 0 Å². The number of hydrogen-bond acceptors (Lipinski definition) is 7. The van der Waals surface area contributed by atoms with Gasteiger partial charge in [-0.05, 0) is 37.3 Å². The van der Waals surface area contributed by atoms with Crippen LogP contribution in [0.2, 0.25) is 0 Å². The fourth-order valence-electron chi connectivity index (χ4n) is 2.60. The fraction of sp³-hybridized carbons (Fsp3) is 0.211. The Morgan fingerprint density at radius 2 is 1.93 bits per heavy atom. The molecule has 0 saturated heterocycles. The third-order valence-corrected chi connectivity index (χ3v) is 5.83. The molecular weight excluding hydrogens is 380 g/mol. The van der Waals surface area contributed by atoms with Gasteiger partial charge in [0.15, 0.2) is 17.3 Å². The van der Waals surface area contributed by atoms with Crippen molar-refractivity contribution >= 4 is 28.1 Å². The quantitative estimate of drug-likeness (QED) is 0.426. The summed E-state index contributed by atoms with van der Waals surface area (Å²) in [6.45, 7) is 2.54. The maximum Gasteiger partial charge on any atom is 0.235 e.